The standard InChI is InChI=1S/C32H39N5O2/c1-21-12-13-25(33-21)23-16-27(38)30(28(17-23)39-20-22-10-8-7-9-11-22)26-14-15-29(35-34-26)37(6)24-18-31(2,3)36-32(4,5)19-24/h7-17,24,33,36,38H,18-20H2,1-6H3. The van der Waals surface area contributed by atoms with E-state index in [-0.39, 0.29) is 16.8 Å². The second kappa shape index (κ2) is 10.4. The third-order valence-corrected chi connectivity index (χ3v) is 7.45. The molecule has 4 aromatic rings. The molecular formula is C32H39N5O2. The highest BCUT2D eigenvalue weighted by Gasteiger charge is 2.39. The minimum Gasteiger partial charge on any atom is -0.507 e. The molecule has 0 spiro atoms. The average molecular weight is 526 g/mol. The molecule has 39 heavy (non-hydrogen) atoms. The zero-order valence-corrected chi connectivity index (χ0v) is 23.7. The fraction of sp³-hybridized carbons (Fsp3) is 0.375. The summed E-state index contributed by atoms with van der Waals surface area (Å²) in [7, 11) is 2.09. The molecule has 0 amide bonds. The average Bonchev–Trinajstić information content (AvgIpc) is 3.32. The van der Waals surface area contributed by atoms with Crippen LogP contribution in [0.25, 0.3) is 22.5 Å². The number of ether oxygens (including phenoxy) is 1. The molecule has 3 heterocycles. The first-order chi connectivity index (χ1) is 18.5. The van der Waals surface area contributed by atoms with E-state index in [1.54, 1.807) is 6.07 Å². The Labute approximate surface area is 231 Å². The molecule has 1 fully saturated rings. The fourth-order valence-corrected chi connectivity index (χ4v) is 5.91. The molecule has 0 saturated carbocycles. The smallest absolute Gasteiger partial charge is 0.151 e. The van der Waals surface area contributed by atoms with Gasteiger partial charge in [-0.1, -0.05) is 30.3 Å². The molecule has 2 aromatic carbocycles. The normalized spacial score (nSPS) is 16.7. The Bertz CT molecular complexity index is 1410. The first-order valence-corrected chi connectivity index (χ1v) is 13.6. The summed E-state index contributed by atoms with van der Waals surface area (Å²) < 4.78 is 6.29. The van der Waals surface area contributed by atoms with Crippen LogP contribution in [0.5, 0.6) is 11.5 Å². The Morgan fingerprint density at radius 1 is 0.949 bits per heavy atom. The van der Waals surface area contributed by atoms with Crippen molar-refractivity contribution in [1.29, 1.82) is 0 Å². The molecule has 1 saturated heterocycles. The van der Waals surface area contributed by atoms with E-state index in [4.69, 9.17) is 4.74 Å². The molecule has 1 aliphatic heterocycles. The monoisotopic (exact) mass is 525 g/mol. The highest BCUT2D eigenvalue weighted by atomic mass is 16.5. The predicted molar refractivity (Wildman–Crippen MR) is 157 cm³/mol. The second-order valence-electron chi connectivity index (χ2n) is 12.0. The maximum Gasteiger partial charge on any atom is 0.151 e. The molecule has 0 atom stereocenters. The van der Waals surface area contributed by atoms with Gasteiger partial charge in [-0.15, -0.1) is 10.2 Å². The number of benzene rings is 2. The van der Waals surface area contributed by atoms with E-state index in [9.17, 15) is 5.11 Å². The Balaban J connectivity index is 1.46. The second-order valence-corrected chi connectivity index (χ2v) is 12.0. The molecule has 0 aliphatic carbocycles. The summed E-state index contributed by atoms with van der Waals surface area (Å²) >= 11 is 0. The maximum atomic E-state index is 11.2. The number of phenolic OH excluding ortho intramolecular Hbond substituents is 1. The van der Waals surface area contributed by atoms with Crippen molar-refractivity contribution in [3.05, 3.63) is 78.0 Å². The lowest BCUT2D eigenvalue weighted by Crippen LogP contribution is -2.62. The Kier molecular flexibility index (Phi) is 7.12. The summed E-state index contributed by atoms with van der Waals surface area (Å²) in [5.74, 6) is 1.46. The van der Waals surface area contributed by atoms with Gasteiger partial charge < -0.3 is 25.0 Å². The first kappa shape index (κ1) is 26.8. The number of aromatic amines is 1. The van der Waals surface area contributed by atoms with Gasteiger partial charge >= 0.3 is 0 Å². The Hall–Kier alpha value is -3.84. The fourth-order valence-electron chi connectivity index (χ4n) is 5.91. The number of aromatic nitrogens is 3. The number of aromatic hydroxyl groups is 1. The van der Waals surface area contributed by atoms with Gasteiger partial charge in [0.05, 0.1) is 5.56 Å². The number of nitrogens with zero attached hydrogens (tertiary/aromatic N) is 3. The summed E-state index contributed by atoms with van der Waals surface area (Å²) in [6, 6.07) is 21.9. The number of phenols is 1. The molecule has 2 aromatic heterocycles. The Morgan fingerprint density at radius 3 is 2.28 bits per heavy atom. The number of rotatable bonds is 7. The van der Waals surface area contributed by atoms with Gasteiger partial charge in [-0.3, -0.25) is 0 Å². The molecule has 7 heteroatoms. The number of nitrogens with one attached hydrogen (secondary N) is 2. The quantitative estimate of drug-likeness (QED) is 0.256. The zero-order valence-electron chi connectivity index (χ0n) is 23.7. The lowest BCUT2D eigenvalue weighted by molar-refractivity contribution is 0.160. The summed E-state index contributed by atoms with van der Waals surface area (Å²) in [4.78, 5) is 5.56. The van der Waals surface area contributed by atoms with E-state index < -0.39 is 0 Å². The van der Waals surface area contributed by atoms with Crippen molar-refractivity contribution in [3.8, 4) is 34.0 Å². The minimum absolute atomic E-state index is 0.0320. The number of piperidine rings is 1. The maximum absolute atomic E-state index is 11.2. The highest BCUT2D eigenvalue weighted by Crippen LogP contribution is 2.41. The van der Waals surface area contributed by atoms with E-state index in [0.717, 1.165) is 41.2 Å². The van der Waals surface area contributed by atoms with Crippen LogP contribution < -0.4 is 15.0 Å². The molecule has 0 bridgehead atoms. The molecule has 204 valence electrons. The lowest BCUT2D eigenvalue weighted by atomic mass is 9.79. The van der Waals surface area contributed by atoms with E-state index in [2.05, 4.69) is 60.1 Å². The topological polar surface area (TPSA) is 86.3 Å². The van der Waals surface area contributed by atoms with Gasteiger partial charge in [0.1, 0.15) is 23.8 Å². The van der Waals surface area contributed by atoms with Crippen molar-refractivity contribution >= 4 is 5.82 Å². The number of aryl methyl sites for hydroxylation is 1. The van der Waals surface area contributed by atoms with Gasteiger partial charge in [0.15, 0.2) is 5.82 Å². The summed E-state index contributed by atoms with van der Waals surface area (Å²) in [5, 5.41) is 24.1. The van der Waals surface area contributed by atoms with Gasteiger partial charge in [0.2, 0.25) is 0 Å². The van der Waals surface area contributed by atoms with Crippen molar-refractivity contribution in [2.24, 2.45) is 0 Å². The molecule has 3 N–H and O–H groups in total. The molecule has 0 unspecified atom stereocenters. The van der Waals surface area contributed by atoms with Gasteiger partial charge in [-0.2, -0.15) is 0 Å². The van der Waals surface area contributed by atoms with Gasteiger partial charge in [0.25, 0.3) is 0 Å². The van der Waals surface area contributed by atoms with Crippen LogP contribution >= 0.6 is 0 Å². The van der Waals surface area contributed by atoms with Crippen LogP contribution in [0.15, 0.2) is 66.7 Å². The van der Waals surface area contributed by atoms with Crippen LogP contribution in [0.4, 0.5) is 5.82 Å². The van der Waals surface area contributed by atoms with E-state index >= 15 is 0 Å². The molecular weight excluding hydrogens is 486 g/mol. The number of hydrogen-bond donors (Lipinski definition) is 3. The van der Waals surface area contributed by atoms with Crippen molar-refractivity contribution in [1.82, 2.24) is 20.5 Å². The summed E-state index contributed by atoms with van der Waals surface area (Å²) in [6.45, 7) is 11.4. The van der Waals surface area contributed by atoms with Crippen LogP contribution in [0.2, 0.25) is 0 Å². The van der Waals surface area contributed by atoms with Crippen LogP contribution in [0, 0.1) is 6.92 Å². The Morgan fingerprint density at radius 2 is 1.67 bits per heavy atom. The van der Waals surface area contributed by atoms with Crippen molar-refractivity contribution < 1.29 is 9.84 Å². The van der Waals surface area contributed by atoms with E-state index in [1.807, 2.05) is 67.6 Å². The third kappa shape index (κ3) is 6.09. The molecule has 0 radical (unpaired) electrons. The minimum atomic E-state index is 0.0320. The van der Waals surface area contributed by atoms with Gasteiger partial charge in [-0.25, -0.2) is 0 Å². The third-order valence-electron chi connectivity index (χ3n) is 7.45. The molecule has 7 nitrogen and oxygen atoms in total. The van der Waals surface area contributed by atoms with Crippen molar-refractivity contribution in [3.63, 3.8) is 0 Å². The first-order valence-electron chi connectivity index (χ1n) is 13.6. The zero-order chi connectivity index (χ0) is 27.8. The van der Waals surface area contributed by atoms with Crippen molar-refractivity contribution in [2.45, 2.75) is 71.2 Å². The number of hydrogen-bond acceptors (Lipinski definition) is 6. The number of H-pyrrole nitrogens is 1. The lowest BCUT2D eigenvalue weighted by Gasteiger charge is -2.49. The van der Waals surface area contributed by atoms with E-state index in [1.165, 1.54) is 0 Å². The van der Waals surface area contributed by atoms with Crippen LogP contribution in [0.1, 0.15) is 51.8 Å². The van der Waals surface area contributed by atoms with Crippen LogP contribution in [-0.4, -0.2) is 44.5 Å². The predicted octanol–water partition coefficient (Wildman–Crippen LogP) is 6.48. The molecule has 1 aliphatic rings. The van der Waals surface area contributed by atoms with E-state index in [0.29, 0.717) is 29.7 Å². The largest absolute Gasteiger partial charge is 0.507 e. The van der Waals surface area contributed by atoms with Crippen LogP contribution in [0.3, 0.4) is 0 Å². The summed E-state index contributed by atoms with van der Waals surface area (Å²) in [6.07, 6.45) is 2.02. The highest BCUT2D eigenvalue weighted by molar-refractivity contribution is 5.79. The number of anilines is 1. The SMILES string of the molecule is Cc1ccc(-c2cc(O)c(-c3ccc(N(C)C4CC(C)(C)NC(C)(C)C4)nn3)c(OCc3ccccc3)c2)[nH]1. The van der Waals surface area contributed by atoms with Gasteiger partial charge in [0, 0.05) is 41.1 Å². The molecule has 5 rings (SSSR count). The van der Waals surface area contributed by atoms with Crippen LogP contribution in [-0.2, 0) is 6.61 Å². The summed E-state index contributed by atoms with van der Waals surface area (Å²) in [5.41, 5.74) is 5.00. The van der Waals surface area contributed by atoms with Gasteiger partial charge in [-0.05, 0) is 89.4 Å². The van der Waals surface area contributed by atoms with Crippen molar-refractivity contribution in [2.75, 3.05) is 11.9 Å².